The number of benzene rings is 1. The zero-order chi connectivity index (χ0) is 13.8. The number of carbonyl (C=O) groups is 2. The van der Waals surface area contributed by atoms with Gasteiger partial charge in [0.05, 0.1) is 5.01 Å². The average Bonchev–Trinajstić information content (AvgIpc) is 2.85. The highest BCUT2D eigenvalue weighted by Crippen LogP contribution is 2.13. The molecule has 0 aliphatic carbocycles. The van der Waals surface area contributed by atoms with Gasteiger partial charge in [-0.2, -0.15) is 0 Å². The summed E-state index contributed by atoms with van der Waals surface area (Å²) >= 11 is 1.43. The number of thiazole rings is 1. The van der Waals surface area contributed by atoms with E-state index in [0.717, 1.165) is 5.01 Å². The van der Waals surface area contributed by atoms with E-state index in [1.54, 1.807) is 36.7 Å². The van der Waals surface area contributed by atoms with Gasteiger partial charge in [0.2, 0.25) is 0 Å². The largest absolute Gasteiger partial charge is 0.355 e. The number of carbonyl (C=O) groups excluding carboxylic acids is 2. The van der Waals surface area contributed by atoms with Crippen LogP contribution in [0.15, 0.2) is 29.6 Å². The van der Waals surface area contributed by atoms with Gasteiger partial charge in [-0.25, -0.2) is 4.98 Å². The number of aromatic nitrogens is 1. The van der Waals surface area contributed by atoms with Gasteiger partial charge in [0, 0.05) is 23.7 Å². The van der Waals surface area contributed by atoms with E-state index in [1.807, 2.05) is 6.92 Å². The first-order valence-corrected chi connectivity index (χ1v) is 6.53. The minimum atomic E-state index is -0.253. The first-order chi connectivity index (χ1) is 9.10. The monoisotopic (exact) mass is 275 g/mol. The Kier molecular flexibility index (Phi) is 3.91. The van der Waals surface area contributed by atoms with E-state index in [0.29, 0.717) is 16.9 Å². The van der Waals surface area contributed by atoms with Crippen LogP contribution >= 0.6 is 11.3 Å². The van der Waals surface area contributed by atoms with Crippen molar-refractivity contribution >= 4 is 28.8 Å². The Bertz CT molecular complexity index is 605. The molecule has 0 atom stereocenters. The third-order valence-electron chi connectivity index (χ3n) is 2.48. The molecule has 2 rings (SSSR count). The third kappa shape index (κ3) is 3.17. The minimum Gasteiger partial charge on any atom is -0.355 e. The van der Waals surface area contributed by atoms with Crippen molar-refractivity contribution in [3.05, 3.63) is 45.9 Å². The molecule has 0 aliphatic heterocycles. The molecule has 98 valence electrons. The van der Waals surface area contributed by atoms with Crippen molar-refractivity contribution in [1.82, 2.24) is 10.3 Å². The average molecular weight is 275 g/mol. The first kappa shape index (κ1) is 13.2. The van der Waals surface area contributed by atoms with E-state index in [2.05, 4.69) is 15.6 Å². The number of anilines is 1. The van der Waals surface area contributed by atoms with Gasteiger partial charge in [0.25, 0.3) is 11.8 Å². The number of rotatable bonds is 3. The molecule has 1 aromatic carbocycles. The zero-order valence-corrected chi connectivity index (χ0v) is 11.4. The Morgan fingerprint density at radius 2 is 1.84 bits per heavy atom. The SMILES string of the molecule is CNC(=O)c1ccc(NC(=O)c2csc(C)n2)cc1. The summed E-state index contributed by atoms with van der Waals surface area (Å²) in [6.07, 6.45) is 0. The lowest BCUT2D eigenvalue weighted by molar-refractivity contribution is 0.0962. The molecular formula is C13H13N3O2S. The molecule has 0 spiro atoms. The predicted molar refractivity (Wildman–Crippen MR) is 74.6 cm³/mol. The fraction of sp³-hybridized carbons (Fsp3) is 0.154. The molecule has 6 heteroatoms. The van der Waals surface area contributed by atoms with Gasteiger partial charge >= 0.3 is 0 Å². The Morgan fingerprint density at radius 1 is 1.16 bits per heavy atom. The lowest BCUT2D eigenvalue weighted by Gasteiger charge is -2.04. The molecule has 19 heavy (non-hydrogen) atoms. The van der Waals surface area contributed by atoms with Crippen molar-refractivity contribution in [2.24, 2.45) is 0 Å². The number of hydrogen-bond donors (Lipinski definition) is 2. The maximum Gasteiger partial charge on any atom is 0.275 e. The molecule has 0 saturated carbocycles. The molecular weight excluding hydrogens is 262 g/mol. The van der Waals surface area contributed by atoms with E-state index in [9.17, 15) is 9.59 Å². The summed E-state index contributed by atoms with van der Waals surface area (Å²) in [5.41, 5.74) is 1.58. The second-order valence-corrected chi connectivity index (χ2v) is 4.92. The van der Waals surface area contributed by atoms with Gasteiger partial charge in [-0.15, -0.1) is 11.3 Å². The van der Waals surface area contributed by atoms with Crippen LogP contribution in [0.5, 0.6) is 0 Å². The van der Waals surface area contributed by atoms with Crippen LogP contribution in [-0.2, 0) is 0 Å². The molecule has 5 nitrogen and oxygen atoms in total. The van der Waals surface area contributed by atoms with Gasteiger partial charge in [0.1, 0.15) is 5.69 Å². The summed E-state index contributed by atoms with van der Waals surface area (Å²) in [7, 11) is 1.57. The molecule has 2 aromatic rings. The van der Waals surface area contributed by atoms with Crippen molar-refractivity contribution < 1.29 is 9.59 Å². The van der Waals surface area contributed by atoms with Crippen molar-refractivity contribution in [3.8, 4) is 0 Å². The van der Waals surface area contributed by atoms with Crippen molar-refractivity contribution in [2.75, 3.05) is 12.4 Å². The van der Waals surface area contributed by atoms with Gasteiger partial charge in [-0.05, 0) is 31.2 Å². The second kappa shape index (κ2) is 5.62. The first-order valence-electron chi connectivity index (χ1n) is 5.66. The predicted octanol–water partition coefficient (Wildman–Crippen LogP) is 2.06. The normalized spacial score (nSPS) is 10.0. The fourth-order valence-corrected chi connectivity index (χ4v) is 2.11. The van der Waals surface area contributed by atoms with E-state index in [1.165, 1.54) is 11.3 Å². The quantitative estimate of drug-likeness (QED) is 0.900. The zero-order valence-electron chi connectivity index (χ0n) is 10.6. The standard InChI is InChI=1S/C13H13N3O2S/c1-8-15-11(7-19-8)13(18)16-10-5-3-9(4-6-10)12(17)14-2/h3-7H,1-2H3,(H,14,17)(H,16,18). The number of aryl methyl sites for hydroxylation is 1. The highest BCUT2D eigenvalue weighted by Gasteiger charge is 2.10. The molecule has 2 amide bonds. The van der Waals surface area contributed by atoms with Crippen LogP contribution in [-0.4, -0.2) is 23.8 Å². The van der Waals surface area contributed by atoms with E-state index in [4.69, 9.17) is 0 Å². The number of hydrogen-bond acceptors (Lipinski definition) is 4. The highest BCUT2D eigenvalue weighted by molar-refractivity contribution is 7.09. The summed E-state index contributed by atoms with van der Waals surface area (Å²) < 4.78 is 0. The van der Waals surface area contributed by atoms with Crippen molar-refractivity contribution in [2.45, 2.75) is 6.92 Å². The minimum absolute atomic E-state index is 0.159. The number of amides is 2. The molecule has 0 saturated heterocycles. The molecule has 0 fully saturated rings. The smallest absolute Gasteiger partial charge is 0.275 e. The maximum absolute atomic E-state index is 11.9. The van der Waals surface area contributed by atoms with Crippen LogP contribution in [0, 0.1) is 6.92 Å². The van der Waals surface area contributed by atoms with E-state index in [-0.39, 0.29) is 11.8 Å². The lowest BCUT2D eigenvalue weighted by Crippen LogP contribution is -2.18. The number of nitrogens with one attached hydrogen (secondary N) is 2. The Hall–Kier alpha value is -2.21. The summed E-state index contributed by atoms with van der Waals surface area (Å²) in [5, 5.41) is 7.82. The Labute approximate surface area is 114 Å². The number of nitrogens with zero attached hydrogens (tertiary/aromatic N) is 1. The van der Waals surface area contributed by atoms with Gasteiger partial charge in [-0.1, -0.05) is 0 Å². The second-order valence-electron chi connectivity index (χ2n) is 3.86. The van der Waals surface area contributed by atoms with Crippen molar-refractivity contribution in [1.29, 1.82) is 0 Å². The highest BCUT2D eigenvalue weighted by atomic mass is 32.1. The molecule has 1 heterocycles. The van der Waals surface area contributed by atoms with Crippen molar-refractivity contribution in [3.63, 3.8) is 0 Å². The topological polar surface area (TPSA) is 71.1 Å². The molecule has 0 unspecified atom stereocenters. The molecule has 0 bridgehead atoms. The summed E-state index contributed by atoms with van der Waals surface area (Å²) in [6.45, 7) is 1.85. The third-order valence-corrected chi connectivity index (χ3v) is 3.26. The van der Waals surface area contributed by atoms with E-state index < -0.39 is 0 Å². The summed E-state index contributed by atoms with van der Waals surface area (Å²) in [4.78, 5) is 27.3. The van der Waals surface area contributed by atoms with Crippen LogP contribution in [0.2, 0.25) is 0 Å². The fourth-order valence-electron chi connectivity index (χ4n) is 1.51. The van der Waals surface area contributed by atoms with Gasteiger partial charge < -0.3 is 10.6 Å². The van der Waals surface area contributed by atoms with Crippen LogP contribution < -0.4 is 10.6 Å². The molecule has 2 N–H and O–H groups in total. The lowest BCUT2D eigenvalue weighted by atomic mass is 10.2. The molecule has 1 aromatic heterocycles. The van der Waals surface area contributed by atoms with Crippen LogP contribution in [0.1, 0.15) is 25.9 Å². The van der Waals surface area contributed by atoms with Gasteiger partial charge in [-0.3, -0.25) is 9.59 Å². The molecule has 0 aliphatic rings. The molecule has 0 radical (unpaired) electrons. The Balaban J connectivity index is 2.07. The summed E-state index contributed by atoms with van der Waals surface area (Å²) in [5.74, 6) is -0.412. The van der Waals surface area contributed by atoms with E-state index >= 15 is 0 Å². The van der Waals surface area contributed by atoms with Crippen LogP contribution in [0.3, 0.4) is 0 Å². The van der Waals surface area contributed by atoms with Gasteiger partial charge in [0.15, 0.2) is 0 Å². The van der Waals surface area contributed by atoms with Crippen LogP contribution in [0.4, 0.5) is 5.69 Å². The summed E-state index contributed by atoms with van der Waals surface area (Å²) in [6, 6.07) is 6.67. The maximum atomic E-state index is 11.9. The van der Waals surface area contributed by atoms with Crippen LogP contribution in [0.25, 0.3) is 0 Å². The Morgan fingerprint density at radius 3 is 2.37 bits per heavy atom.